The fourth-order valence-electron chi connectivity index (χ4n) is 2.92. The summed E-state index contributed by atoms with van der Waals surface area (Å²) < 4.78 is 0. The van der Waals surface area contributed by atoms with Gasteiger partial charge in [0.25, 0.3) is 0 Å². The van der Waals surface area contributed by atoms with E-state index >= 15 is 0 Å². The van der Waals surface area contributed by atoms with Crippen molar-refractivity contribution in [2.45, 2.75) is 18.4 Å². The Morgan fingerprint density at radius 1 is 1.20 bits per heavy atom. The first-order valence-electron chi connectivity index (χ1n) is 6.78. The van der Waals surface area contributed by atoms with Crippen LogP contribution in [-0.4, -0.2) is 35.3 Å². The maximum atomic E-state index is 10.8. The quantitative estimate of drug-likeness (QED) is 0.850. The van der Waals surface area contributed by atoms with Gasteiger partial charge in [-0.3, -0.25) is 0 Å². The number of aliphatic hydroxyl groups excluding tert-OH is 1. The summed E-state index contributed by atoms with van der Waals surface area (Å²) in [4.78, 5) is 12.0. The number of carboxylic acid groups (broad SMARTS) is 1. The van der Waals surface area contributed by atoms with E-state index in [1.807, 2.05) is 36.4 Å². The maximum absolute atomic E-state index is 10.8. The zero-order valence-electron chi connectivity index (χ0n) is 11.0. The molecule has 1 amide bonds. The number of nitrogens with zero attached hydrogens (tertiary/aromatic N) is 1. The van der Waals surface area contributed by atoms with Gasteiger partial charge in [-0.2, -0.15) is 0 Å². The molecule has 2 atom stereocenters. The van der Waals surface area contributed by atoms with Gasteiger partial charge in [0.05, 0.1) is 6.10 Å². The van der Waals surface area contributed by atoms with Crippen molar-refractivity contribution in [3.8, 4) is 0 Å². The summed E-state index contributed by atoms with van der Waals surface area (Å²) >= 11 is 0. The minimum Gasteiger partial charge on any atom is -0.530 e. The molecule has 1 heterocycles. The van der Waals surface area contributed by atoms with Crippen molar-refractivity contribution < 1.29 is 15.0 Å². The van der Waals surface area contributed by atoms with Gasteiger partial charge in [-0.15, -0.1) is 0 Å². The Morgan fingerprint density at radius 3 is 2.65 bits per heavy atom. The van der Waals surface area contributed by atoms with Crippen LogP contribution < -0.4 is 5.11 Å². The molecule has 1 aliphatic rings. The molecule has 1 fully saturated rings. The number of hydrogen-bond acceptors (Lipinski definition) is 3. The molecule has 0 saturated carbocycles. The lowest BCUT2D eigenvalue weighted by atomic mass is 9.86. The van der Waals surface area contributed by atoms with Crippen molar-refractivity contribution in [2.75, 3.05) is 13.1 Å². The van der Waals surface area contributed by atoms with Crippen molar-refractivity contribution in [3.63, 3.8) is 0 Å². The molecule has 1 N–H and O–H groups in total. The SMILES string of the molecule is O=C([O-])N1CCC(c2ccc3ccccc3c2)C(O)C1. The molecule has 1 aliphatic heterocycles. The molecule has 0 aliphatic carbocycles. The molecule has 2 aromatic carbocycles. The Morgan fingerprint density at radius 2 is 1.95 bits per heavy atom. The first-order valence-corrected chi connectivity index (χ1v) is 6.78. The lowest BCUT2D eigenvalue weighted by Crippen LogP contribution is -2.50. The lowest BCUT2D eigenvalue weighted by Gasteiger charge is -2.37. The van der Waals surface area contributed by atoms with Crippen molar-refractivity contribution in [2.24, 2.45) is 0 Å². The van der Waals surface area contributed by atoms with Crippen molar-refractivity contribution in [1.82, 2.24) is 4.90 Å². The standard InChI is InChI=1S/C16H17NO3/c18-15-10-17(16(19)20)8-7-14(15)13-6-5-11-3-1-2-4-12(11)9-13/h1-6,9,14-15,18H,7-8,10H2,(H,19,20)/p-1. The number of rotatable bonds is 1. The van der Waals surface area contributed by atoms with Crippen LogP contribution in [0.5, 0.6) is 0 Å². The first kappa shape index (κ1) is 12.9. The zero-order valence-corrected chi connectivity index (χ0v) is 11.0. The third-order valence-electron chi connectivity index (χ3n) is 4.04. The zero-order chi connectivity index (χ0) is 14.1. The van der Waals surface area contributed by atoms with Crippen molar-refractivity contribution in [3.05, 3.63) is 48.0 Å². The minimum absolute atomic E-state index is 0.0183. The first-order chi connectivity index (χ1) is 9.65. The topological polar surface area (TPSA) is 63.6 Å². The van der Waals surface area contributed by atoms with Crippen LogP contribution in [0.3, 0.4) is 0 Å². The molecule has 4 heteroatoms. The summed E-state index contributed by atoms with van der Waals surface area (Å²) in [7, 11) is 0. The van der Waals surface area contributed by atoms with Crippen LogP contribution in [-0.2, 0) is 0 Å². The number of carbonyl (C=O) groups excluding carboxylic acids is 1. The van der Waals surface area contributed by atoms with Crippen LogP contribution >= 0.6 is 0 Å². The molecular weight excluding hydrogens is 254 g/mol. The number of β-amino-alcohol motifs (C(OH)–C–C–N with tert-alkyl or cyclic N) is 1. The van der Waals surface area contributed by atoms with E-state index in [2.05, 4.69) is 6.07 Å². The van der Waals surface area contributed by atoms with E-state index in [0.29, 0.717) is 13.0 Å². The highest BCUT2D eigenvalue weighted by molar-refractivity contribution is 5.83. The molecule has 2 unspecified atom stereocenters. The highest BCUT2D eigenvalue weighted by atomic mass is 16.4. The van der Waals surface area contributed by atoms with E-state index in [1.165, 1.54) is 4.90 Å². The van der Waals surface area contributed by atoms with Gasteiger partial charge < -0.3 is 19.9 Å². The van der Waals surface area contributed by atoms with Crippen LogP contribution in [0, 0.1) is 0 Å². The number of likely N-dealkylation sites (tertiary alicyclic amines) is 1. The lowest BCUT2D eigenvalue weighted by molar-refractivity contribution is -0.268. The van der Waals surface area contributed by atoms with Gasteiger partial charge in [0, 0.05) is 19.0 Å². The Bertz CT molecular complexity index is 640. The third-order valence-corrected chi connectivity index (χ3v) is 4.04. The monoisotopic (exact) mass is 270 g/mol. The van der Waals surface area contributed by atoms with Crippen LogP contribution in [0.1, 0.15) is 17.9 Å². The van der Waals surface area contributed by atoms with Crippen molar-refractivity contribution in [1.29, 1.82) is 0 Å². The highest BCUT2D eigenvalue weighted by Gasteiger charge is 2.28. The van der Waals surface area contributed by atoms with Crippen molar-refractivity contribution >= 4 is 16.9 Å². The summed E-state index contributed by atoms with van der Waals surface area (Å²) in [5.74, 6) is -0.0183. The van der Waals surface area contributed by atoms with E-state index < -0.39 is 12.2 Å². The van der Waals surface area contributed by atoms with Crippen LogP contribution in [0.15, 0.2) is 42.5 Å². The largest absolute Gasteiger partial charge is 0.530 e. The number of fused-ring (bicyclic) bond motifs is 1. The number of amides is 1. The van der Waals surface area contributed by atoms with Gasteiger partial charge in [-0.1, -0.05) is 42.5 Å². The maximum Gasteiger partial charge on any atom is 0.137 e. The Balaban J connectivity index is 1.86. The Kier molecular flexibility index (Phi) is 3.32. The normalized spacial score (nSPS) is 22.9. The van der Waals surface area contributed by atoms with Crippen LogP contribution in [0.25, 0.3) is 10.8 Å². The second-order valence-corrected chi connectivity index (χ2v) is 5.28. The second-order valence-electron chi connectivity index (χ2n) is 5.28. The van der Waals surface area contributed by atoms with E-state index in [0.717, 1.165) is 16.3 Å². The van der Waals surface area contributed by atoms with Gasteiger partial charge in [-0.25, -0.2) is 0 Å². The molecule has 0 radical (unpaired) electrons. The third kappa shape index (κ3) is 2.34. The van der Waals surface area contributed by atoms with Gasteiger partial charge in [-0.05, 0) is 22.8 Å². The van der Waals surface area contributed by atoms with Gasteiger partial charge in [0.15, 0.2) is 0 Å². The fraction of sp³-hybridized carbons (Fsp3) is 0.312. The number of hydrogen-bond donors (Lipinski definition) is 1. The molecule has 1 saturated heterocycles. The Hall–Kier alpha value is -2.07. The summed E-state index contributed by atoms with van der Waals surface area (Å²) in [6, 6.07) is 14.2. The molecule has 104 valence electrons. The van der Waals surface area contributed by atoms with Crippen LogP contribution in [0.4, 0.5) is 4.79 Å². The van der Waals surface area contributed by atoms with Gasteiger partial charge in [0.1, 0.15) is 6.09 Å². The van der Waals surface area contributed by atoms with Gasteiger partial charge in [0.2, 0.25) is 0 Å². The molecule has 3 rings (SSSR count). The number of piperidine rings is 1. The average Bonchev–Trinajstić information content (AvgIpc) is 2.46. The molecule has 20 heavy (non-hydrogen) atoms. The summed E-state index contributed by atoms with van der Waals surface area (Å²) in [6.07, 6.45) is -1.27. The molecule has 4 nitrogen and oxygen atoms in total. The van der Waals surface area contributed by atoms with E-state index in [-0.39, 0.29) is 12.5 Å². The van der Waals surface area contributed by atoms with E-state index in [1.54, 1.807) is 0 Å². The number of benzene rings is 2. The highest BCUT2D eigenvalue weighted by Crippen LogP contribution is 2.30. The molecule has 2 aromatic rings. The summed E-state index contributed by atoms with van der Waals surface area (Å²) in [6.45, 7) is 0.538. The molecular formula is C16H16NO3-. The van der Waals surface area contributed by atoms with E-state index in [9.17, 15) is 15.0 Å². The number of aliphatic hydroxyl groups is 1. The van der Waals surface area contributed by atoms with Crippen LogP contribution in [0.2, 0.25) is 0 Å². The van der Waals surface area contributed by atoms with E-state index in [4.69, 9.17) is 0 Å². The fourth-order valence-corrected chi connectivity index (χ4v) is 2.92. The molecule has 0 aromatic heterocycles. The smallest absolute Gasteiger partial charge is 0.137 e. The molecule has 0 spiro atoms. The predicted octanol–water partition coefficient (Wildman–Crippen LogP) is 1.33. The van der Waals surface area contributed by atoms with Gasteiger partial charge >= 0.3 is 0 Å². The Labute approximate surface area is 117 Å². The predicted molar refractivity (Wildman–Crippen MR) is 74.3 cm³/mol. The number of carbonyl (C=O) groups is 1. The minimum atomic E-state index is -1.21. The summed E-state index contributed by atoms with van der Waals surface area (Å²) in [5.41, 5.74) is 1.06. The average molecular weight is 270 g/mol. The summed E-state index contributed by atoms with van der Waals surface area (Å²) in [5, 5.41) is 23.3. The second kappa shape index (κ2) is 5.13. The molecule has 0 bridgehead atoms.